The molecule has 31 heavy (non-hydrogen) atoms. The van der Waals surface area contributed by atoms with Crippen LogP contribution >= 0.6 is 0 Å². The van der Waals surface area contributed by atoms with Gasteiger partial charge in [0.15, 0.2) is 11.5 Å². The van der Waals surface area contributed by atoms with Crippen molar-refractivity contribution < 1.29 is 28.5 Å². The van der Waals surface area contributed by atoms with E-state index in [2.05, 4.69) is 0 Å². The number of carbonyl (C=O) groups is 2. The van der Waals surface area contributed by atoms with Crippen molar-refractivity contribution in [2.24, 2.45) is 0 Å². The van der Waals surface area contributed by atoms with E-state index in [9.17, 15) is 9.59 Å². The van der Waals surface area contributed by atoms with Gasteiger partial charge in [-0.3, -0.25) is 9.59 Å². The van der Waals surface area contributed by atoms with Gasteiger partial charge < -0.3 is 28.7 Å². The predicted molar refractivity (Wildman–Crippen MR) is 113 cm³/mol. The summed E-state index contributed by atoms with van der Waals surface area (Å²) in [5.74, 6) is 2.18. The summed E-state index contributed by atoms with van der Waals surface area (Å²) in [7, 11) is 3.14. The summed E-state index contributed by atoms with van der Waals surface area (Å²) in [6.45, 7) is 2.82. The SMILES string of the molecule is COc1cccc(CC(=O)N2CCN(C(=O)c3cc(OC)c4c(c3)OCCO4)CC2)c1. The highest BCUT2D eigenvalue weighted by Gasteiger charge is 2.27. The second kappa shape index (κ2) is 9.16. The van der Waals surface area contributed by atoms with Crippen LogP contribution in [0.15, 0.2) is 36.4 Å². The molecule has 0 spiro atoms. The highest BCUT2D eigenvalue weighted by atomic mass is 16.6. The fraction of sp³-hybridized carbons (Fsp3) is 0.391. The van der Waals surface area contributed by atoms with Gasteiger partial charge in [0.05, 0.1) is 20.6 Å². The summed E-state index contributed by atoms with van der Waals surface area (Å²) in [4.78, 5) is 29.3. The number of carbonyl (C=O) groups excluding carboxylic acids is 2. The fourth-order valence-corrected chi connectivity index (χ4v) is 3.81. The molecule has 0 atom stereocenters. The number of ether oxygens (including phenoxy) is 4. The average molecular weight is 426 g/mol. The molecule has 8 heteroatoms. The van der Waals surface area contributed by atoms with E-state index in [1.807, 2.05) is 24.3 Å². The average Bonchev–Trinajstić information content (AvgIpc) is 2.83. The number of fused-ring (bicyclic) bond motifs is 1. The van der Waals surface area contributed by atoms with Crippen LogP contribution in [0.25, 0.3) is 0 Å². The number of amides is 2. The molecule has 0 bridgehead atoms. The molecule has 1 fully saturated rings. The Kier molecular flexibility index (Phi) is 6.16. The molecule has 1 saturated heterocycles. The highest BCUT2D eigenvalue weighted by Crippen LogP contribution is 2.40. The monoisotopic (exact) mass is 426 g/mol. The van der Waals surface area contributed by atoms with Crippen LogP contribution in [-0.4, -0.2) is 75.2 Å². The standard InChI is InChI=1S/C23H26N2O6/c1-28-18-5-3-4-16(12-18)13-21(26)24-6-8-25(9-7-24)23(27)17-14-19(29-2)22-20(15-17)30-10-11-31-22/h3-5,12,14-15H,6-11,13H2,1-2H3. The lowest BCUT2D eigenvalue weighted by Gasteiger charge is -2.35. The lowest BCUT2D eigenvalue weighted by Crippen LogP contribution is -2.51. The second-order valence-corrected chi connectivity index (χ2v) is 7.40. The van der Waals surface area contributed by atoms with Crippen LogP contribution in [-0.2, 0) is 11.2 Å². The first-order chi connectivity index (χ1) is 15.1. The Morgan fingerprint density at radius 3 is 2.42 bits per heavy atom. The van der Waals surface area contributed by atoms with E-state index < -0.39 is 0 Å². The minimum Gasteiger partial charge on any atom is -0.497 e. The summed E-state index contributed by atoms with van der Waals surface area (Å²) in [6, 6.07) is 10.9. The Morgan fingerprint density at radius 2 is 1.68 bits per heavy atom. The third-order valence-electron chi connectivity index (χ3n) is 5.48. The summed E-state index contributed by atoms with van der Waals surface area (Å²) in [5.41, 5.74) is 1.39. The maximum Gasteiger partial charge on any atom is 0.254 e. The van der Waals surface area contributed by atoms with Gasteiger partial charge in [-0.05, 0) is 29.8 Å². The van der Waals surface area contributed by atoms with Crippen molar-refractivity contribution >= 4 is 11.8 Å². The van der Waals surface area contributed by atoms with Crippen LogP contribution in [0.2, 0.25) is 0 Å². The largest absolute Gasteiger partial charge is 0.497 e. The van der Waals surface area contributed by atoms with E-state index in [4.69, 9.17) is 18.9 Å². The molecule has 4 rings (SSSR count). The van der Waals surface area contributed by atoms with Crippen molar-refractivity contribution in [1.29, 1.82) is 0 Å². The van der Waals surface area contributed by atoms with Gasteiger partial charge in [0, 0.05) is 31.7 Å². The first-order valence-electron chi connectivity index (χ1n) is 10.3. The van der Waals surface area contributed by atoms with Crippen LogP contribution in [0.1, 0.15) is 15.9 Å². The number of hydrogen-bond donors (Lipinski definition) is 0. The Hall–Kier alpha value is -3.42. The van der Waals surface area contributed by atoms with Crippen LogP contribution < -0.4 is 18.9 Å². The van der Waals surface area contributed by atoms with Crippen molar-refractivity contribution in [2.45, 2.75) is 6.42 Å². The van der Waals surface area contributed by atoms with Gasteiger partial charge in [-0.15, -0.1) is 0 Å². The smallest absolute Gasteiger partial charge is 0.254 e. The van der Waals surface area contributed by atoms with Crippen molar-refractivity contribution in [3.05, 3.63) is 47.5 Å². The lowest BCUT2D eigenvalue weighted by atomic mass is 10.1. The van der Waals surface area contributed by atoms with Gasteiger partial charge in [-0.2, -0.15) is 0 Å². The van der Waals surface area contributed by atoms with Gasteiger partial charge in [0.2, 0.25) is 11.7 Å². The zero-order valence-electron chi connectivity index (χ0n) is 17.8. The Balaban J connectivity index is 1.38. The zero-order chi connectivity index (χ0) is 21.8. The van der Waals surface area contributed by atoms with E-state index in [-0.39, 0.29) is 11.8 Å². The summed E-state index contributed by atoms with van der Waals surface area (Å²) >= 11 is 0. The van der Waals surface area contributed by atoms with Gasteiger partial charge >= 0.3 is 0 Å². The number of methoxy groups -OCH3 is 2. The predicted octanol–water partition coefficient (Wildman–Crippen LogP) is 2.00. The summed E-state index contributed by atoms with van der Waals surface area (Å²) in [6.07, 6.45) is 0.310. The third-order valence-corrected chi connectivity index (χ3v) is 5.48. The molecule has 2 aliphatic rings. The first kappa shape index (κ1) is 20.8. The molecular weight excluding hydrogens is 400 g/mol. The van der Waals surface area contributed by atoms with Gasteiger partial charge in [-0.1, -0.05) is 12.1 Å². The topological polar surface area (TPSA) is 77.5 Å². The molecule has 0 aliphatic carbocycles. The normalized spacial score (nSPS) is 15.4. The maximum absolute atomic E-state index is 13.0. The van der Waals surface area contributed by atoms with Crippen molar-refractivity contribution in [3.63, 3.8) is 0 Å². The second-order valence-electron chi connectivity index (χ2n) is 7.40. The lowest BCUT2D eigenvalue weighted by molar-refractivity contribution is -0.131. The van der Waals surface area contributed by atoms with Crippen LogP contribution in [0.5, 0.6) is 23.0 Å². The number of hydrogen-bond acceptors (Lipinski definition) is 6. The van der Waals surface area contributed by atoms with Crippen LogP contribution in [0.3, 0.4) is 0 Å². The Labute approximate surface area is 181 Å². The van der Waals surface area contributed by atoms with E-state index in [0.717, 1.165) is 11.3 Å². The van der Waals surface area contributed by atoms with Gasteiger partial charge in [0.25, 0.3) is 5.91 Å². The molecule has 2 amide bonds. The van der Waals surface area contributed by atoms with Gasteiger partial charge in [-0.25, -0.2) is 0 Å². The number of rotatable bonds is 5. The quantitative estimate of drug-likeness (QED) is 0.728. The highest BCUT2D eigenvalue weighted by molar-refractivity contribution is 5.96. The molecule has 2 aromatic carbocycles. The fourth-order valence-electron chi connectivity index (χ4n) is 3.81. The van der Waals surface area contributed by atoms with E-state index in [0.29, 0.717) is 68.6 Å². The molecule has 2 heterocycles. The van der Waals surface area contributed by atoms with Crippen molar-refractivity contribution in [2.75, 3.05) is 53.6 Å². The zero-order valence-corrected chi connectivity index (χ0v) is 17.8. The Bertz CT molecular complexity index is 951. The summed E-state index contributed by atoms with van der Waals surface area (Å²) in [5, 5.41) is 0. The van der Waals surface area contributed by atoms with Gasteiger partial charge in [0.1, 0.15) is 19.0 Å². The molecule has 0 saturated carbocycles. The van der Waals surface area contributed by atoms with E-state index in [1.54, 1.807) is 29.0 Å². The molecular formula is C23H26N2O6. The molecule has 0 radical (unpaired) electrons. The Morgan fingerprint density at radius 1 is 0.935 bits per heavy atom. The molecule has 0 N–H and O–H groups in total. The van der Waals surface area contributed by atoms with Crippen LogP contribution in [0, 0.1) is 0 Å². The molecule has 8 nitrogen and oxygen atoms in total. The van der Waals surface area contributed by atoms with Crippen molar-refractivity contribution in [3.8, 4) is 23.0 Å². The number of benzene rings is 2. The van der Waals surface area contributed by atoms with Crippen LogP contribution in [0.4, 0.5) is 0 Å². The third kappa shape index (κ3) is 4.52. The first-order valence-corrected chi connectivity index (χ1v) is 10.3. The van der Waals surface area contributed by atoms with Crippen molar-refractivity contribution in [1.82, 2.24) is 9.80 Å². The molecule has 0 aromatic heterocycles. The molecule has 2 aromatic rings. The summed E-state index contributed by atoms with van der Waals surface area (Å²) < 4.78 is 21.8. The molecule has 0 unspecified atom stereocenters. The molecule has 164 valence electrons. The maximum atomic E-state index is 13.0. The van der Waals surface area contributed by atoms with E-state index in [1.165, 1.54) is 7.11 Å². The minimum absolute atomic E-state index is 0.0429. The number of nitrogens with zero attached hydrogens (tertiary/aromatic N) is 2. The number of piperazine rings is 1. The van der Waals surface area contributed by atoms with E-state index >= 15 is 0 Å². The molecule has 2 aliphatic heterocycles. The minimum atomic E-state index is -0.116.